The van der Waals surface area contributed by atoms with Crippen LogP contribution in [0.25, 0.3) is 0 Å². The number of carbonyl (C=O) groups excluding carboxylic acids is 1. The molecule has 20 heavy (non-hydrogen) atoms. The molecule has 1 heterocycles. The minimum Gasteiger partial charge on any atom is -0.378 e. The lowest BCUT2D eigenvalue weighted by Gasteiger charge is -2.51. The average molecular weight is 278 g/mol. The Morgan fingerprint density at radius 2 is 2.20 bits per heavy atom. The lowest BCUT2D eigenvalue weighted by atomic mass is 9.64. The summed E-state index contributed by atoms with van der Waals surface area (Å²) in [6.07, 6.45) is 1.24. The van der Waals surface area contributed by atoms with Gasteiger partial charge in [0.15, 0.2) is 5.69 Å². The second-order valence-electron chi connectivity index (χ2n) is 5.58. The summed E-state index contributed by atoms with van der Waals surface area (Å²) >= 11 is 0. The third-order valence-electron chi connectivity index (χ3n) is 3.99. The Kier molecular flexibility index (Phi) is 4.23. The number of rotatable bonds is 5. The minimum absolute atomic E-state index is 0.0666. The summed E-state index contributed by atoms with van der Waals surface area (Å²) in [4.78, 5) is 11.4. The highest BCUT2D eigenvalue weighted by Gasteiger charge is 2.49. The van der Waals surface area contributed by atoms with Crippen LogP contribution in [0.4, 0.5) is 5.82 Å². The lowest BCUT2D eigenvalue weighted by molar-refractivity contribution is -0.0976. The molecule has 0 aliphatic heterocycles. The molecule has 1 aliphatic carbocycles. The van der Waals surface area contributed by atoms with Gasteiger partial charge in [-0.15, -0.1) is 10.2 Å². The zero-order valence-electron chi connectivity index (χ0n) is 12.4. The summed E-state index contributed by atoms with van der Waals surface area (Å²) < 4.78 is 5.70. The maximum Gasteiger partial charge on any atom is 0.271 e. The van der Waals surface area contributed by atoms with Gasteiger partial charge in [0.25, 0.3) is 5.91 Å². The van der Waals surface area contributed by atoms with Crippen LogP contribution in [0.2, 0.25) is 0 Å². The van der Waals surface area contributed by atoms with Gasteiger partial charge in [0, 0.05) is 25.1 Å². The number of carbonyl (C=O) groups is 1. The number of ether oxygens (including phenoxy) is 1. The van der Waals surface area contributed by atoms with Crippen LogP contribution in [0.5, 0.6) is 0 Å². The maximum atomic E-state index is 11.4. The number of hydrogen-bond donors (Lipinski definition) is 2. The highest BCUT2D eigenvalue weighted by Crippen LogP contribution is 2.44. The molecule has 2 rings (SSSR count). The Bertz CT molecular complexity index is 473. The number of nitrogens with one attached hydrogen (secondary N) is 2. The number of nitrogens with zero attached hydrogens (tertiary/aromatic N) is 2. The van der Waals surface area contributed by atoms with Crippen LogP contribution < -0.4 is 10.6 Å². The van der Waals surface area contributed by atoms with Crippen molar-refractivity contribution in [2.75, 3.05) is 19.0 Å². The van der Waals surface area contributed by atoms with Gasteiger partial charge in [-0.25, -0.2) is 0 Å². The summed E-state index contributed by atoms with van der Waals surface area (Å²) in [5.74, 6) is 0.454. The van der Waals surface area contributed by atoms with E-state index in [1.807, 2.05) is 6.92 Å². The van der Waals surface area contributed by atoms with E-state index in [2.05, 4.69) is 34.7 Å². The van der Waals surface area contributed by atoms with Crippen LogP contribution >= 0.6 is 0 Å². The second-order valence-corrected chi connectivity index (χ2v) is 5.58. The van der Waals surface area contributed by atoms with Crippen molar-refractivity contribution >= 4 is 11.7 Å². The predicted molar refractivity (Wildman–Crippen MR) is 76.6 cm³/mol. The quantitative estimate of drug-likeness (QED) is 0.852. The van der Waals surface area contributed by atoms with E-state index < -0.39 is 0 Å². The number of aromatic nitrogens is 2. The Morgan fingerprint density at radius 1 is 1.45 bits per heavy atom. The zero-order valence-corrected chi connectivity index (χ0v) is 12.4. The summed E-state index contributed by atoms with van der Waals surface area (Å²) in [6.45, 7) is 7.11. The average Bonchev–Trinajstić information content (AvgIpc) is 2.46. The van der Waals surface area contributed by atoms with Gasteiger partial charge < -0.3 is 15.4 Å². The number of amides is 1. The first-order valence-electron chi connectivity index (χ1n) is 6.93. The van der Waals surface area contributed by atoms with Crippen LogP contribution in [0.15, 0.2) is 12.1 Å². The van der Waals surface area contributed by atoms with Gasteiger partial charge in [0.05, 0.1) is 6.10 Å². The van der Waals surface area contributed by atoms with Crippen molar-refractivity contribution in [1.82, 2.24) is 15.5 Å². The fourth-order valence-electron chi connectivity index (χ4n) is 2.45. The zero-order chi connectivity index (χ0) is 14.8. The summed E-state index contributed by atoms with van der Waals surface area (Å²) in [6, 6.07) is 3.75. The van der Waals surface area contributed by atoms with Gasteiger partial charge >= 0.3 is 0 Å². The van der Waals surface area contributed by atoms with Crippen molar-refractivity contribution in [3.05, 3.63) is 17.8 Å². The van der Waals surface area contributed by atoms with Crippen molar-refractivity contribution in [3.8, 4) is 0 Å². The molecule has 2 N–H and O–H groups in total. The fraction of sp³-hybridized carbons (Fsp3) is 0.643. The minimum atomic E-state index is -0.232. The van der Waals surface area contributed by atoms with Gasteiger partial charge in [0.2, 0.25) is 0 Å². The first kappa shape index (κ1) is 14.7. The first-order chi connectivity index (χ1) is 9.48. The molecule has 1 amide bonds. The largest absolute Gasteiger partial charge is 0.378 e. The van der Waals surface area contributed by atoms with Crippen molar-refractivity contribution in [1.29, 1.82) is 0 Å². The molecule has 1 saturated carbocycles. The molecule has 1 aromatic rings. The second kappa shape index (κ2) is 5.75. The lowest BCUT2D eigenvalue weighted by Crippen LogP contribution is -2.58. The Hall–Kier alpha value is -1.69. The van der Waals surface area contributed by atoms with E-state index in [1.165, 1.54) is 0 Å². The monoisotopic (exact) mass is 278 g/mol. The van der Waals surface area contributed by atoms with E-state index in [4.69, 9.17) is 4.74 Å². The normalized spacial score (nSPS) is 23.8. The third kappa shape index (κ3) is 2.75. The van der Waals surface area contributed by atoms with Crippen LogP contribution in [0.3, 0.4) is 0 Å². The molecule has 6 heteroatoms. The van der Waals surface area contributed by atoms with E-state index in [9.17, 15) is 4.79 Å². The molecule has 1 fully saturated rings. The molecule has 0 aromatic carbocycles. The SMILES string of the molecule is CCOC1CC(Nc2ccc(C(=O)NC)nn2)C1(C)C. The van der Waals surface area contributed by atoms with Crippen LogP contribution in [0, 0.1) is 5.41 Å². The van der Waals surface area contributed by atoms with Gasteiger partial charge in [-0.1, -0.05) is 13.8 Å². The summed E-state index contributed by atoms with van der Waals surface area (Å²) in [7, 11) is 1.57. The maximum absolute atomic E-state index is 11.4. The van der Waals surface area contributed by atoms with E-state index in [-0.39, 0.29) is 17.4 Å². The highest BCUT2D eigenvalue weighted by atomic mass is 16.5. The molecule has 110 valence electrons. The van der Waals surface area contributed by atoms with Crippen molar-refractivity contribution in [2.45, 2.75) is 39.3 Å². The fourth-order valence-corrected chi connectivity index (χ4v) is 2.45. The molecule has 0 spiro atoms. The predicted octanol–water partition coefficient (Wildman–Crippen LogP) is 1.45. The number of hydrogen-bond acceptors (Lipinski definition) is 5. The molecular weight excluding hydrogens is 256 g/mol. The molecule has 0 bridgehead atoms. The Balaban J connectivity index is 1.96. The van der Waals surface area contributed by atoms with Gasteiger partial charge in [-0.05, 0) is 25.5 Å². The van der Waals surface area contributed by atoms with E-state index in [1.54, 1.807) is 19.2 Å². The van der Waals surface area contributed by atoms with Crippen molar-refractivity contribution in [3.63, 3.8) is 0 Å². The third-order valence-corrected chi connectivity index (χ3v) is 3.99. The standard InChI is InChI=1S/C14H22N4O2/c1-5-20-11-8-10(14(11,2)3)16-12-7-6-9(17-18-12)13(19)15-4/h6-7,10-11H,5,8H2,1-4H3,(H,15,19)(H,16,18). The topological polar surface area (TPSA) is 76.1 Å². The smallest absolute Gasteiger partial charge is 0.271 e. The van der Waals surface area contributed by atoms with Crippen LogP contribution in [-0.2, 0) is 4.74 Å². The van der Waals surface area contributed by atoms with Crippen LogP contribution in [-0.4, -0.2) is 41.9 Å². The van der Waals surface area contributed by atoms with E-state index >= 15 is 0 Å². The van der Waals surface area contributed by atoms with Gasteiger partial charge in [-0.2, -0.15) is 0 Å². The molecule has 0 saturated heterocycles. The van der Waals surface area contributed by atoms with E-state index in [0.29, 0.717) is 17.6 Å². The Morgan fingerprint density at radius 3 is 2.70 bits per heavy atom. The highest BCUT2D eigenvalue weighted by molar-refractivity contribution is 5.91. The summed E-state index contributed by atoms with van der Waals surface area (Å²) in [5, 5.41) is 13.8. The molecule has 0 radical (unpaired) electrons. The molecular formula is C14H22N4O2. The molecule has 1 aliphatic rings. The van der Waals surface area contributed by atoms with Gasteiger partial charge in [0.1, 0.15) is 5.82 Å². The molecule has 2 unspecified atom stereocenters. The van der Waals surface area contributed by atoms with Crippen LogP contribution in [0.1, 0.15) is 37.7 Å². The number of anilines is 1. The first-order valence-corrected chi connectivity index (χ1v) is 6.93. The summed E-state index contributed by atoms with van der Waals surface area (Å²) in [5.41, 5.74) is 0.384. The van der Waals surface area contributed by atoms with Crippen molar-refractivity contribution in [2.24, 2.45) is 5.41 Å². The molecule has 1 aromatic heterocycles. The van der Waals surface area contributed by atoms with Crippen molar-refractivity contribution < 1.29 is 9.53 Å². The molecule has 6 nitrogen and oxygen atoms in total. The van der Waals surface area contributed by atoms with E-state index in [0.717, 1.165) is 13.0 Å². The molecule has 2 atom stereocenters. The van der Waals surface area contributed by atoms with Gasteiger partial charge in [-0.3, -0.25) is 4.79 Å². The Labute approximate surface area is 119 Å².